The summed E-state index contributed by atoms with van der Waals surface area (Å²) in [5.41, 5.74) is 6.51. The lowest BCUT2D eigenvalue weighted by atomic mass is 9.93. The van der Waals surface area contributed by atoms with Gasteiger partial charge in [-0.25, -0.2) is 0 Å². The van der Waals surface area contributed by atoms with Crippen molar-refractivity contribution in [3.63, 3.8) is 0 Å². The summed E-state index contributed by atoms with van der Waals surface area (Å²) in [5.74, 6) is 1.33. The minimum Gasteiger partial charge on any atom is -0.488 e. The van der Waals surface area contributed by atoms with Gasteiger partial charge in [-0.1, -0.05) is 117 Å². The first kappa shape index (κ1) is 41.2. The number of nitrogens with one attached hydrogen (secondary N) is 1. The number of ether oxygens (including phenoxy) is 4. The predicted molar refractivity (Wildman–Crippen MR) is 221 cm³/mol. The van der Waals surface area contributed by atoms with Crippen LogP contribution in [-0.4, -0.2) is 61.4 Å². The van der Waals surface area contributed by atoms with E-state index in [-0.39, 0.29) is 23.5 Å². The van der Waals surface area contributed by atoms with Crippen molar-refractivity contribution >= 4 is 11.9 Å². The Hall–Kier alpha value is -5.45. The van der Waals surface area contributed by atoms with Gasteiger partial charge in [0, 0.05) is 38.7 Å². The molecule has 2 heterocycles. The van der Waals surface area contributed by atoms with Gasteiger partial charge in [-0.2, -0.15) is 0 Å². The fourth-order valence-electron chi connectivity index (χ4n) is 6.88. The molecule has 1 N–H and O–H groups in total. The molecule has 5 aromatic rings. The van der Waals surface area contributed by atoms with Crippen molar-refractivity contribution in [2.75, 3.05) is 39.5 Å². The molecule has 57 heavy (non-hydrogen) atoms. The van der Waals surface area contributed by atoms with E-state index < -0.39 is 0 Å². The largest absolute Gasteiger partial charge is 0.488 e. The molecule has 0 saturated carbocycles. The molecule has 0 unspecified atom stereocenters. The monoisotopic (exact) mass is 773 g/mol. The first-order valence-electron chi connectivity index (χ1n) is 20.2. The molecule has 1 fully saturated rings. The van der Waals surface area contributed by atoms with Gasteiger partial charge in [0.15, 0.2) is 11.5 Å². The minimum absolute atomic E-state index is 0.101. The zero-order chi connectivity index (χ0) is 39.8. The van der Waals surface area contributed by atoms with Gasteiger partial charge in [0.25, 0.3) is 5.91 Å². The van der Waals surface area contributed by atoms with Crippen LogP contribution in [0.15, 0.2) is 102 Å². The molecule has 10 heteroatoms. The Labute approximate surface area is 336 Å². The molecule has 0 aliphatic carbocycles. The van der Waals surface area contributed by atoms with Crippen molar-refractivity contribution < 1.29 is 33.1 Å². The number of benzene rings is 4. The first-order chi connectivity index (χ1) is 27.9. The average molecular weight is 774 g/mol. The van der Waals surface area contributed by atoms with E-state index in [1.54, 1.807) is 0 Å². The van der Waals surface area contributed by atoms with Crippen molar-refractivity contribution in [3.8, 4) is 33.9 Å². The summed E-state index contributed by atoms with van der Waals surface area (Å²) in [6, 6.07) is 32.4. The van der Waals surface area contributed by atoms with Gasteiger partial charge in [-0.05, 0) is 59.6 Å². The summed E-state index contributed by atoms with van der Waals surface area (Å²) >= 11 is 0. The van der Waals surface area contributed by atoms with Gasteiger partial charge in [-0.3, -0.25) is 14.5 Å². The first-order valence-corrected chi connectivity index (χ1v) is 20.2. The van der Waals surface area contributed by atoms with Crippen molar-refractivity contribution in [1.29, 1.82) is 0 Å². The summed E-state index contributed by atoms with van der Waals surface area (Å²) in [7, 11) is 0. The lowest BCUT2D eigenvalue weighted by Gasteiger charge is -2.26. The second-order valence-electron chi connectivity index (χ2n) is 14.6. The maximum absolute atomic E-state index is 13.9. The lowest BCUT2D eigenvalue weighted by molar-refractivity contribution is -0.143. The Morgan fingerprint density at radius 3 is 2.09 bits per heavy atom. The van der Waals surface area contributed by atoms with Gasteiger partial charge in [0.05, 0.1) is 30.9 Å². The van der Waals surface area contributed by atoms with Crippen molar-refractivity contribution in [2.24, 2.45) is 0 Å². The maximum atomic E-state index is 13.9. The van der Waals surface area contributed by atoms with Crippen LogP contribution in [0, 0.1) is 0 Å². The molecule has 10 nitrogen and oxygen atoms in total. The van der Waals surface area contributed by atoms with Gasteiger partial charge < -0.3 is 28.8 Å². The molecule has 1 aliphatic heterocycles. The highest BCUT2D eigenvalue weighted by atomic mass is 16.5. The predicted octanol–water partition coefficient (Wildman–Crippen LogP) is 9.37. The molecule has 1 aliphatic rings. The number of amides is 1. The maximum Gasteiger partial charge on any atom is 0.305 e. The summed E-state index contributed by atoms with van der Waals surface area (Å²) < 4.78 is 29.9. The topological polar surface area (TPSA) is 112 Å². The smallest absolute Gasteiger partial charge is 0.305 e. The Morgan fingerprint density at radius 1 is 0.789 bits per heavy atom. The lowest BCUT2D eigenvalue weighted by Crippen LogP contribution is -2.35. The van der Waals surface area contributed by atoms with E-state index in [1.807, 2.05) is 85.8 Å². The van der Waals surface area contributed by atoms with E-state index in [2.05, 4.69) is 47.4 Å². The van der Waals surface area contributed by atoms with Crippen LogP contribution >= 0.6 is 0 Å². The molecule has 0 atom stereocenters. The van der Waals surface area contributed by atoms with Crippen LogP contribution in [0.2, 0.25) is 0 Å². The van der Waals surface area contributed by atoms with Crippen LogP contribution in [0.1, 0.15) is 91.5 Å². The third-order valence-electron chi connectivity index (χ3n) is 10.0. The number of unbranched alkanes of at least 4 members (excludes halogenated alkanes) is 3. The normalized spacial score (nSPS) is 13.1. The highest BCUT2D eigenvalue weighted by Crippen LogP contribution is 2.44. The number of hydrogen-bond acceptors (Lipinski definition) is 9. The zero-order valence-electron chi connectivity index (χ0n) is 33.5. The molecule has 6 rings (SSSR count). The number of aromatic nitrogens is 1. The standard InChI is InChI=1S/C47H55N3O7/c1-4-54-43(51)19-13-5-6-14-24-48-47(52)45-44(38-22-20-35(21-23-38)31-50-25-27-53-28-26-50)46(57-49-45)40-29-39(34(2)3)41(55-32-36-15-9-7-10-16-36)30-42(40)56-33-37-17-11-8-12-18-37/h7-12,15-18,20-23,29-30,34H,4-6,13-14,19,24-28,31-33H2,1-3H3,(H,48,52). The van der Waals surface area contributed by atoms with Crippen molar-refractivity contribution in [3.05, 3.63) is 125 Å². The molecular formula is C47H55N3O7. The highest BCUT2D eigenvalue weighted by molar-refractivity contribution is 6.02. The van der Waals surface area contributed by atoms with Gasteiger partial charge >= 0.3 is 5.97 Å². The van der Waals surface area contributed by atoms with Crippen LogP contribution in [0.4, 0.5) is 0 Å². The molecule has 1 amide bonds. The number of rotatable bonds is 20. The number of carbonyl (C=O) groups excluding carboxylic acids is 2. The molecule has 4 aromatic carbocycles. The number of carbonyl (C=O) groups is 2. The Balaban J connectivity index is 1.32. The highest BCUT2D eigenvalue weighted by Gasteiger charge is 2.28. The van der Waals surface area contributed by atoms with Crippen LogP contribution in [0.25, 0.3) is 22.5 Å². The fourth-order valence-corrected chi connectivity index (χ4v) is 6.88. The van der Waals surface area contributed by atoms with E-state index in [1.165, 1.54) is 5.56 Å². The van der Waals surface area contributed by atoms with Crippen molar-refractivity contribution in [2.45, 2.75) is 78.6 Å². The zero-order valence-corrected chi connectivity index (χ0v) is 33.5. The van der Waals surface area contributed by atoms with Crippen molar-refractivity contribution in [1.82, 2.24) is 15.4 Å². The fraction of sp³-hybridized carbons (Fsp3) is 0.383. The second-order valence-corrected chi connectivity index (χ2v) is 14.6. The van der Waals surface area contributed by atoms with E-state index >= 15 is 0 Å². The molecule has 300 valence electrons. The summed E-state index contributed by atoms with van der Waals surface area (Å²) in [6.45, 7) is 11.7. The third kappa shape index (κ3) is 11.8. The number of esters is 1. The van der Waals surface area contributed by atoms with E-state index in [4.69, 9.17) is 23.5 Å². The second kappa shape index (κ2) is 21.2. The summed E-state index contributed by atoms with van der Waals surface area (Å²) in [5, 5.41) is 7.50. The molecular weight excluding hydrogens is 719 g/mol. The van der Waals surface area contributed by atoms with Crippen LogP contribution in [0.3, 0.4) is 0 Å². The molecule has 0 spiro atoms. The number of nitrogens with zero attached hydrogens (tertiary/aromatic N) is 2. The van der Waals surface area contributed by atoms with Crippen LogP contribution < -0.4 is 14.8 Å². The van der Waals surface area contributed by atoms with Gasteiger partial charge in [0.2, 0.25) is 0 Å². The summed E-state index contributed by atoms with van der Waals surface area (Å²) in [4.78, 5) is 28.0. The van der Waals surface area contributed by atoms with Crippen LogP contribution in [-0.2, 0) is 34.0 Å². The minimum atomic E-state index is -0.317. The van der Waals surface area contributed by atoms with Gasteiger partial charge in [-0.15, -0.1) is 0 Å². The van der Waals surface area contributed by atoms with E-state index in [9.17, 15) is 9.59 Å². The van der Waals surface area contributed by atoms with E-state index in [0.717, 1.165) is 86.5 Å². The number of hydrogen-bond donors (Lipinski definition) is 1. The van der Waals surface area contributed by atoms with Crippen LogP contribution in [0.5, 0.6) is 11.5 Å². The Bertz CT molecular complexity index is 2010. The molecule has 1 saturated heterocycles. The quantitative estimate of drug-likeness (QED) is 0.0611. The molecule has 1 aromatic heterocycles. The van der Waals surface area contributed by atoms with E-state index in [0.29, 0.717) is 55.4 Å². The molecule has 0 radical (unpaired) electrons. The SMILES string of the molecule is CCOC(=O)CCCCCCNC(=O)c1noc(-c2cc(C(C)C)c(OCc3ccccc3)cc2OCc2ccccc2)c1-c1ccc(CN2CCOCC2)cc1. The Kier molecular flexibility index (Phi) is 15.3. The Morgan fingerprint density at radius 2 is 1.44 bits per heavy atom. The average Bonchev–Trinajstić information content (AvgIpc) is 3.68. The molecule has 0 bridgehead atoms. The third-order valence-corrected chi connectivity index (χ3v) is 10.0. The number of morpholine rings is 1. The van der Waals surface area contributed by atoms with Gasteiger partial charge in [0.1, 0.15) is 24.7 Å². The summed E-state index contributed by atoms with van der Waals surface area (Å²) in [6.07, 6.45) is 3.69.